The number of aryl methyl sites for hydroxylation is 3. The number of nitrogen functional groups attached to an aromatic ring is 1. The highest BCUT2D eigenvalue weighted by atomic mass is 16.2. The quantitative estimate of drug-likeness (QED) is 0.132. The van der Waals surface area contributed by atoms with Crippen molar-refractivity contribution in [3.8, 4) is 0 Å². The molecule has 1 aliphatic rings. The van der Waals surface area contributed by atoms with Crippen molar-refractivity contribution < 1.29 is 4.79 Å². The maximum absolute atomic E-state index is 13.9. The summed E-state index contributed by atoms with van der Waals surface area (Å²) in [5.74, 6) is 1.07. The molecule has 8 nitrogen and oxygen atoms in total. The standard InChI is InChI=1S/C37H43N7O/c1-42-20-4-7-32(42)18-21-44-34-16-15-31(24-33(34)41-35(44)17-11-26-8-13-29(14-9-26)36(39)40)37(45)43(22-19-38)25-27-10-12-28-5-2-3-6-30(28)23-27/h2-3,5-6,8-10,12-16,23-24,32H,4,7,11,17-22,25,38H2,1H3,(H3,39,40). The summed E-state index contributed by atoms with van der Waals surface area (Å²) in [6, 6.07) is 29.0. The molecule has 4 aromatic carbocycles. The maximum atomic E-state index is 13.9. The molecular formula is C37H43N7O. The number of rotatable bonds is 12. The number of likely N-dealkylation sites (tertiary alicyclic amines) is 1. The Morgan fingerprint density at radius 1 is 0.956 bits per heavy atom. The van der Waals surface area contributed by atoms with Crippen molar-refractivity contribution in [2.45, 2.75) is 51.2 Å². The first-order valence-corrected chi connectivity index (χ1v) is 16.0. The van der Waals surface area contributed by atoms with Gasteiger partial charge in [-0.2, -0.15) is 0 Å². The van der Waals surface area contributed by atoms with E-state index < -0.39 is 0 Å². The first-order chi connectivity index (χ1) is 21.9. The smallest absolute Gasteiger partial charge is 0.254 e. The summed E-state index contributed by atoms with van der Waals surface area (Å²) >= 11 is 0. The number of nitrogens with one attached hydrogen (secondary N) is 1. The predicted molar refractivity (Wildman–Crippen MR) is 183 cm³/mol. The van der Waals surface area contributed by atoms with Gasteiger partial charge in [-0.3, -0.25) is 10.2 Å². The number of hydrogen-bond acceptors (Lipinski definition) is 5. The fourth-order valence-electron chi connectivity index (χ4n) is 6.63. The Balaban J connectivity index is 1.26. The number of imidazole rings is 1. The molecule has 1 aromatic heterocycles. The minimum absolute atomic E-state index is 0.0373. The summed E-state index contributed by atoms with van der Waals surface area (Å²) in [6.07, 6.45) is 5.15. The number of amides is 1. The molecule has 5 N–H and O–H groups in total. The molecule has 8 heteroatoms. The summed E-state index contributed by atoms with van der Waals surface area (Å²) in [5, 5.41) is 10.0. The van der Waals surface area contributed by atoms with E-state index in [0.717, 1.165) is 65.7 Å². The second-order valence-corrected chi connectivity index (χ2v) is 12.3. The van der Waals surface area contributed by atoms with E-state index in [0.29, 0.717) is 31.2 Å². The zero-order valence-corrected chi connectivity index (χ0v) is 26.1. The molecule has 0 saturated carbocycles. The summed E-state index contributed by atoms with van der Waals surface area (Å²) in [5.41, 5.74) is 17.1. The number of carbonyl (C=O) groups excluding carboxylic acids is 1. The van der Waals surface area contributed by atoms with Crippen molar-refractivity contribution in [2.75, 3.05) is 26.7 Å². The summed E-state index contributed by atoms with van der Waals surface area (Å²) < 4.78 is 2.35. The third-order valence-corrected chi connectivity index (χ3v) is 9.21. The second-order valence-electron chi connectivity index (χ2n) is 12.3. The van der Waals surface area contributed by atoms with E-state index in [9.17, 15) is 4.79 Å². The molecule has 0 aliphatic carbocycles. The lowest BCUT2D eigenvalue weighted by Crippen LogP contribution is -2.34. The Kier molecular flexibility index (Phi) is 9.23. The van der Waals surface area contributed by atoms with Crippen LogP contribution >= 0.6 is 0 Å². The van der Waals surface area contributed by atoms with Crippen LogP contribution in [0, 0.1) is 5.41 Å². The van der Waals surface area contributed by atoms with E-state index in [-0.39, 0.29) is 11.7 Å². The monoisotopic (exact) mass is 601 g/mol. The number of carbonyl (C=O) groups is 1. The first kappa shape index (κ1) is 30.5. The fraction of sp³-hybridized carbons (Fsp3) is 0.324. The topological polar surface area (TPSA) is 117 Å². The van der Waals surface area contributed by atoms with Gasteiger partial charge in [-0.15, -0.1) is 0 Å². The molecule has 1 saturated heterocycles. The van der Waals surface area contributed by atoms with E-state index in [1.807, 2.05) is 53.4 Å². The van der Waals surface area contributed by atoms with Gasteiger partial charge in [0.1, 0.15) is 11.7 Å². The number of aromatic nitrogens is 2. The van der Waals surface area contributed by atoms with Crippen molar-refractivity contribution >= 4 is 33.5 Å². The molecule has 2 heterocycles. The van der Waals surface area contributed by atoms with E-state index >= 15 is 0 Å². The average Bonchev–Trinajstić information content (AvgIpc) is 3.63. The SMILES string of the molecule is CN1CCCC1CCn1c(CCc2ccc(C(=N)N)cc2)nc2cc(C(=O)N(CCN)Cc3ccc4ccccc4c3)ccc21. The van der Waals surface area contributed by atoms with Crippen LogP contribution < -0.4 is 11.5 Å². The van der Waals surface area contributed by atoms with Crippen LogP contribution in [0.2, 0.25) is 0 Å². The zero-order chi connectivity index (χ0) is 31.3. The molecule has 1 unspecified atom stereocenters. The van der Waals surface area contributed by atoms with Crippen LogP contribution in [0.1, 0.15) is 52.1 Å². The van der Waals surface area contributed by atoms with Gasteiger partial charge in [0.15, 0.2) is 0 Å². The van der Waals surface area contributed by atoms with Gasteiger partial charge in [-0.05, 0) is 85.4 Å². The molecule has 1 amide bonds. The lowest BCUT2D eigenvalue weighted by Gasteiger charge is -2.22. The highest BCUT2D eigenvalue weighted by molar-refractivity contribution is 5.97. The minimum atomic E-state index is -0.0373. The molecule has 5 aromatic rings. The molecule has 1 aliphatic heterocycles. The molecular weight excluding hydrogens is 558 g/mol. The number of hydrogen-bond donors (Lipinski definition) is 3. The number of benzene rings is 4. The van der Waals surface area contributed by atoms with Gasteiger partial charge in [0.25, 0.3) is 5.91 Å². The van der Waals surface area contributed by atoms with E-state index in [1.54, 1.807) is 0 Å². The summed E-state index contributed by atoms with van der Waals surface area (Å²) in [6.45, 7) is 3.40. The Labute approximate surface area is 265 Å². The van der Waals surface area contributed by atoms with Crippen LogP contribution in [0.25, 0.3) is 21.8 Å². The number of nitrogens with zero attached hydrogens (tertiary/aromatic N) is 4. The summed E-state index contributed by atoms with van der Waals surface area (Å²) in [4.78, 5) is 23.3. The second kappa shape index (κ2) is 13.6. The molecule has 1 atom stereocenters. The highest BCUT2D eigenvalue weighted by Gasteiger charge is 2.23. The Morgan fingerprint density at radius 2 is 1.71 bits per heavy atom. The molecule has 45 heavy (non-hydrogen) atoms. The van der Waals surface area contributed by atoms with Crippen LogP contribution in [0.15, 0.2) is 84.9 Å². The number of nitrogens with two attached hydrogens (primary N) is 2. The van der Waals surface area contributed by atoms with Crippen molar-refractivity contribution in [1.29, 1.82) is 5.41 Å². The van der Waals surface area contributed by atoms with Crippen LogP contribution in [0.5, 0.6) is 0 Å². The van der Waals surface area contributed by atoms with Gasteiger partial charge < -0.3 is 25.8 Å². The molecule has 0 radical (unpaired) electrons. The average molecular weight is 602 g/mol. The summed E-state index contributed by atoms with van der Waals surface area (Å²) in [7, 11) is 2.22. The minimum Gasteiger partial charge on any atom is -0.384 e. The molecule has 0 spiro atoms. The van der Waals surface area contributed by atoms with Crippen LogP contribution in [0.3, 0.4) is 0 Å². The van der Waals surface area contributed by atoms with Gasteiger partial charge in [-0.1, -0.05) is 60.7 Å². The normalized spacial score (nSPS) is 15.2. The lowest BCUT2D eigenvalue weighted by molar-refractivity contribution is 0.0748. The molecule has 6 rings (SSSR count). The zero-order valence-electron chi connectivity index (χ0n) is 26.1. The largest absolute Gasteiger partial charge is 0.384 e. The van der Waals surface area contributed by atoms with Crippen molar-refractivity contribution in [2.24, 2.45) is 11.5 Å². The number of amidine groups is 1. The lowest BCUT2D eigenvalue weighted by atomic mass is 10.1. The van der Waals surface area contributed by atoms with Crippen LogP contribution in [-0.2, 0) is 25.9 Å². The molecule has 232 valence electrons. The van der Waals surface area contributed by atoms with Crippen molar-refractivity contribution in [3.63, 3.8) is 0 Å². The fourth-order valence-corrected chi connectivity index (χ4v) is 6.63. The predicted octanol–water partition coefficient (Wildman–Crippen LogP) is 5.34. The van der Waals surface area contributed by atoms with E-state index in [2.05, 4.69) is 52.9 Å². The molecule has 1 fully saturated rings. The van der Waals surface area contributed by atoms with Gasteiger partial charge in [0, 0.05) is 49.8 Å². The third-order valence-electron chi connectivity index (χ3n) is 9.21. The Morgan fingerprint density at radius 3 is 2.44 bits per heavy atom. The van der Waals surface area contributed by atoms with Gasteiger partial charge in [0.05, 0.1) is 11.0 Å². The van der Waals surface area contributed by atoms with Crippen molar-refractivity contribution in [3.05, 3.63) is 113 Å². The van der Waals surface area contributed by atoms with Crippen LogP contribution in [-0.4, -0.2) is 63.8 Å². The Hall–Kier alpha value is -4.53. The Bertz CT molecular complexity index is 1810. The highest BCUT2D eigenvalue weighted by Crippen LogP contribution is 2.25. The van der Waals surface area contributed by atoms with Crippen molar-refractivity contribution in [1.82, 2.24) is 19.4 Å². The van der Waals surface area contributed by atoms with Gasteiger partial charge >= 0.3 is 0 Å². The van der Waals surface area contributed by atoms with Crippen LogP contribution in [0.4, 0.5) is 0 Å². The molecule has 0 bridgehead atoms. The van der Waals surface area contributed by atoms with Gasteiger partial charge in [-0.25, -0.2) is 4.98 Å². The third kappa shape index (κ3) is 6.92. The van der Waals surface area contributed by atoms with E-state index in [1.165, 1.54) is 23.8 Å². The number of fused-ring (bicyclic) bond motifs is 2. The maximum Gasteiger partial charge on any atom is 0.254 e. The first-order valence-electron chi connectivity index (χ1n) is 16.0. The van der Waals surface area contributed by atoms with Gasteiger partial charge in [0.2, 0.25) is 0 Å². The van der Waals surface area contributed by atoms with E-state index in [4.69, 9.17) is 21.9 Å².